The zero-order valence-corrected chi connectivity index (χ0v) is 14.9. The predicted octanol–water partition coefficient (Wildman–Crippen LogP) is -0.830. The van der Waals surface area contributed by atoms with Gasteiger partial charge in [-0.15, -0.1) is 0 Å². The van der Waals surface area contributed by atoms with Gasteiger partial charge in [-0.1, -0.05) is 0 Å². The molecule has 0 saturated carbocycles. The van der Waals surface area contributed by atoms with Crippen molar-refractivity contribution in [1.82, 2.24) is 19.5 Å². The number of nitrogens with two attached hydrogens (primary N) is 1. The molecule has 3 rings (SSSR count). The van der Waals surface area contributed by atoms with Gasteiger partial charge < -0.3 is 29.8 Å². The van der Waals surface area contributed by atoms with Crippen LogP contribution in [0.15, 0.2) is 6.33 Å². The Kier molecular flexibility index (Phi) is 5.10. The summed E-state index contributed by atoms with van der Waals surface area (Å²) < 4.78 is 22.9. The molecule has 146 valence electrons. The quantitative estimate of drug-likeness (QED) is 0.622. The fourth-order valence-electron chi connectivity index (χ4n) is 2.97. The molecule has 0 unspecified atom stereocenters. The van der Waals surface area contributed by atoms with E-state index in [4.69, 9.17) is 24.7 Å². The van der Waals surface area contributed by atoms with E-state index in [1.54, 1.807) is 0 Å². The van der Waals surface area contributed by atoms with Crippen molar-refractivity contribution in [3.8, 4) is 5.88 Å². The van der Waals surface area contributed by atoms with Gasteiger partial charge in [0.1, 0.15) is 6.10 Å². The number of imidazole rings is 1. The number of methoxy groups -OCH3 is 1. The number of hydrogen-bond donors (Lipinski definition) is 2. The molecule has 1 fully saturated rings. The lowest BCUT2D eigenvalue weighted by molar-refractivity contribution is -0.165. The van der Waals surface area contributed by atoms with E-state index in [0.717, 1.165) is 0 Å². The van der Waals surface area contributed by atoms with Crippen LogP contribution in [-0.4, -0.2) is 68.6 Å². The van der Waals surface area contributed by atoms with Crippen molar-refractivity contribution < 1.29 is 33.6 Å². The van der Waals surface area contributed by atoms with E-state index in [9.17, 15) is 14.7 Å². The van der Waals surface area contributed by atoms with Gasteiger partial charge in [-0.2, -0.15) is 9.97 Å². The standard InChI is InChI=1S/C15H19N5O7/c1-6(22)25-10-8(4-21)27-14(11(10)26-7(2)23)20-5-17-9-12(20)18-15(16)19-13(9)24-3/h5,8,10-11,14,21H,4H2,1-3H3,(H2,16,18,19)/t8-,10-,11-,14-/m1/s1. The summed E-state index contributed by atoms with van der Waals surface area (Å²) in [5.74, 6) is -1.11. The average molecular weight is 381 g/mol. The lowest BCUT2D eigenvalue weighted by atomic mass is 10.1. The van der Waals surface area contributed by atoms with Crippen LogP contribution in [-0.2, 0) is 23.8 Å². The van der Waals surface area contributed by atoms with Gasteiger partial charge in [0.25, 0.3) is 0 Å². The number of aliphatic hydroxyl groups is 1. The van der Waals surface area contributed by atoms with Crippen molar-refractivity contribution in [1.29, 1.82) is 0 Å². The summed E-state index contributed by atoms with van der Waals surface area (Å²) in [5.41, 5.74) is 6.29. The van der Waals surface area contributed by atoms with E-state index in [1.807, 2.05) is 0 Å². The number of aromatic nitrogens is 4. The first kappa shape index (κ1) is 18.8. The van der Waals surface area contributed by atoms with Crippen LogP contribution in [0.2, 0.25) is 0 Å². The van der Waals surface area contributed by atoms with Crippen molar-refractivity contribution in [2.75, 3.05) is 19.5 Å². The molecule has 1 aliphatic heterocycles. The normalized spacial score (nSPS) is 24.7. The third kappa shape index (κ3) is 3.48. The predicted molar refractivity (Wildman–Crippen MR) is 88.4 cm³/mol. The molecule has 3 N–H and O–H groups in total. The number of anilines is 1. The summed E-state index contributed by atoms with van der Waals surface area (Å²) in [6.45, 7) is 1.96. The van der Waals surface area contributed by atoms with Crippen LogP contribution in [0.5, 0.6) is 5.88 Å². The summed E-state index contributed by atoms with van der Waals surface area (Å²) in [6, 6.07) is 0. The molecule has 0 amide bonds. The highest BCUT2D eigenvalue weighted by molar-refractivity contribution is 5.77. The minimum absolute atomic E-state index is 0.0571. The first-order valence-electron chi connectivity index (χ1n) is 8.00. The smallest absolute Gasteiger partial charge is 0.303 e. The first-order valence-corrected chi connectivity index (χ1v) is 8.00. The second-order valence-corrected chi connectivity index (χ2v) is 5.81. The van der Waals surface area contributed by atoms with Gasteiger partial charge in [-0.25, -0.2) is 4.98 Å². The molecule has 0 aliphatic carbocycles. The average Bonchev–Trinajstić information content (AvgIpc) is 3.15. The van der Waals surface area contributed by atoms with E-state index in [0.29, 0.717) is 5.52 Å². The zero-order chi connectivity index (χ0) is 19.7. The molecule has 0 bridgehead atoms. The van der Waals surface area contributed by atoms with E-state index < -0.39 is 43.1 Å². The topological polar surface area (TPSA) is 161 Å². The third-order valence-corrected chi connectivity index (χ3v) is 3.94. The molecule has 0 spiro atoms. The third-order valence-electron chi connectivity index (χ3n) is 3.94. The Bertz CT molecular complexity index is 870. The molecule has 4 atom stereocenters. The number of fused-ring (bicyclic) bond motifs is 1. The van der Waals surface area contributed by atoms with E-state index >= 15 is 0 Å². The molecule has 2 aromatic rings. The van der Waals surface area contributed by atoms with Gasteiger partial charge in [0.2, 0.25) is 11.8 Å². The van der Waals surface area contributed by atoms with Crippen LogP contribution < -0.4 is 10.5 Å². The Balaban J connectivity index is 2.08. The minimum Gasteiger partial charge on any atom is -0.479 e. The number of carbonyl (C=O) groups is 2. The molecule has 27 heavy (non-hydrogen) atoms. The van der Waals surface area contributed by atoms with Crippen molar-refractivity contribution in [3.63, 3.8) is 0 Å². The van der Waals surface area contributed by atoms with Gasteiger partial charge in [0, 0.05) is 13.8 Å². The lowest BCUT2D eigenvalue weighted by Crippen LogP contribution is -2.40. The molecular formula is C15H19N5O7. The maximum Gasteiger partial charge on any atom is 0.303 e. The highest BCUT2D eigenvalue weighted by Crippen LogP contribution is 2.36. The van der Waals surface area contributed by atoms with Gasteiger partial charge in [-0.05, 0) is 0 Å². The Labute approximate surface area is 153 Å². The second-order valence-electron chi connectivity index (χ2n) is 5.81. The van der Waals surface area contributed by atoms with Gasteiger partial charge in [0.15, 0.2) is 29.6 Å². The highest BCUT2D eigenvalue weighted by atomic mass is 16.6. The van der Waals surface area contributed by atoms with E-state index in [1.165, 1.54) is 31.9 Å². The van der Waals surface area contributed by atoms with Crippen LogP contribution in [0.4, 0.5) is 5.95 Å². The Morgan fingerprint density at radius 1 is 1.26 bits per heavy atom. The summed E-state index contributed by atoms with van der Waals surface area (Å²) in [7, 11) is 1.41. The van der Waals surface area contributed by atoms with Crippen molar-refractivity contribution in [2.45, 2.75) is 38.4 Å². The number of nitrogens with zero attached hydrogens (tertiary/aromatic N) is 4. The largest absolute Gasteiger partial charge is 0.479 e. The van der Waals surface area contributed by atoms with Crippen molar-refractivity contribution in [2.24, 2.45) is 0 Å². The van der Waals surface area contributed by atoms with E-state index in [2.05, 4.69) is 15.0 Å². The zero-order valence-electron chi connectivity index (χ0n) is 14.9. The first-order chi connectivity index (χ1) is 12.8. The maximum absolute atomic E-state index is 11.6. The van der Waals surface area contributed by atoms with Gasteiger partial charge in [-0.3, -0.25) is 14.2 Å². The Morgan fingerprint density at radius 3 is 2.52 bits per heavy atom. The summed E-state index contributed by atoms with van der Waals surface area (Å²) >= 11 is 0. The Hall–Kier alpha value is -2.99. The highest BCUT2D eigenvalue weighted by Gasteiger charge is 2.50. The molecular weight excluding hydrogens is 362 g/mol. The molecule has 0 radical (unpaired) electrons. The SMILES string of the molecule is COc1nc(N)nc2c1ncn2[C@@H]1O[C@H](CO)[C@@H](OC(C)=O)[C@H]1OC(C)=O. The van der Waals surface area contributed by atoms with Gasteiger partial charge >= 0.3 is 11.9 Å². The van der Waals surface area contributed by atoms with Crippen LogP contribution >= 0.6 is 0 Å². The fourth-order valence-corrected chi connectivity index (χ4v) is 2.97. The Morgan fingerprint density at radius 2 is 1.93 bits per heavy atom. The lowest BCUT2D eigenvalue weighted by Gasteiger charge is -2.23. The number of aliphatic hydroxyl groups excluding tert-OH is 1. The number of carbonyl (C=O) groups excluding carboxylic acids is 2. The molecule has 0 aromatic carbocycles. The summed E-state index contributed by atoms with van der Waals surface area (Å²) in [5, 5.41) is 9.61. The summed E-state index contributed by atoms with van der Waals surface area (Å²) in [6.07, 6.45) is -2.56. The van der Waals surface area contributed by atoms with E-state index in [-0.39, 0.29) is 17.5 Å². The number of esters is 2. The number of nitrogen functional groups attached to an aromatic ring is 1. The number of hydrogen-bond acceptors (Lipinski definition) is 11. The maximum atomic E-state index is 11.6. The minimum atomic E-state index is -1.04. The fraction of sp³-hybridized carbons (Fsp3) is 0.533. The molecule has 1 saturated heterocycles. The molecule has 12 heteroatoms. The van der Waals surface area contributed by atoms with Crippen LogP contribution in [0.25, 0.3) is 11.2 Å². The van der Waals surface area contributed by atoms with Crippen LogP contribution in [0.3, 0.4) is 0 Å². The monoisotopic (exact) mass is 381 g/mol. The molecule has 3 heterocycles. The van der Waals surface area contributed by atoms with Crippen LogP contribution in [0, 0.1) is 0 Å². The van der Waals surface area contributed by atoms with Gasteiger partial charge in [0.05, 0.1) is 20.0 Å². The molecule has 2 aromatic heterocycles. The van der Waals surface area contributed by atoms with Crippen molar-refractivity contribution in [3.05, 3.63) is 6.33 Å². The molecule has 12 nitrogen and oxygen atoms in total. The summed E-state index contributed by atoms with van der Waals surface area (Å²) in [4.78, 5) is 35.3. The number of rotatable bonds is 5. The van der Waals surface area contributed by atoms with Crippen molar-refractivity contribution >= 4 is 29.1 Å². The molecule has 1 aliphatic rings. The second kappa shape index (κ2) is 7.32. The number of ether oxygens (including phenoxy) is 4. The van der Waals surface area contributed by atoms with Crippen LogP contribution in [0.1, 0.15) is 20.1 Å².